The van der Waals surface area contributed by atoms with Gasteiger partial charge in [0.05, 0.1) is 6.04 Å². The average molecular weight is 230 g/mol. The van der Waals surface area contributed by atoms with Crippen molar-refractivity contribution in [2.24, 2.45) is 0 Å². The number of aromatic nitrogens is 3. The fourth-order valence-corrected chi connectivity index (χ4v) is 1.85. The van der Waals surface area contributed by atoms with E-state index in [9.17, 15) is 0 Å². The summed E-state index contributed by atoms with van der Waals surface area (Å²) in [6, 6.07) is 3.85. The molecular weight excluding hydrogens is 216 g/mol. The van der Waals surface area contributed by atoms with Gasteiger partial charge in [-0.05, 0) is 31.5 Å². The summed E-state index contributed by atoms with van der Waals surface area (Å²) in [4.78, 5) is 8.56. The van der Waals surface area contributed by atoms with Crippen molar-refractivity contribution in [3.63, 3.8) is 0 Å². The monoisotopic (exact) mass is 230 g/mol. The van der Waals surface area contributed by atoms with Crippen molar-refractivity contribution < 1.29 is 4.52 Å². The molecule has 1 aliphatic rings. The Balaban J connectivity index is 1.88. The highest BCUT2D eigenvalue weighted by Gasteiger charge is 2.30. The summed E-state index contributed by atoms with van der Waals surface area (Å²) in [5.41, 5.74) is 1.04. The SMILES string of the molecule is CNC(c1cccnc1)c1noc(C2CC2)n1. The number of nitrogens with zero attached hydrogens (tertiary/aromatic N) is 3. The van der Waals surface area contributed by atoms with E-state index in [1.807, 2.05) is 25.4 Å². The second kappa shape index (κ2) is 4.25. The van der Waals surface area contributed by atoms with E-state index in [-0.39, 0.29) is 6.04 Å². The average Bonchev–Trinajstić information content (AvgIpc) is 3.12. The van der Waals surface area contributed by atoms with Crippen molar-refractivity contribution in [2.75, 3.05) is 7.05 Å². The lowest BCUT2D eigenvalue weighted by Gasteiger charge is -2.11. The fraction of sp³-hybridized carbons (Fsp3) is 0.417. The predicted molar refractivity (Wildman–Crippen MR) is 61.4 cm³/mol. The van der Waals surface area contributed by atoms with Gasteiger partial charge in [0, 0.05) is 18.3 Å². The third-order valence-electron chi connectivity index (χ3n) is 2.95. The zero-order valence-corrected chi connectivity index (χ0v) is 9.63. The quantitative estimate of drug-likeness (QED) is 0.865. The molecule has 1 atom stereocenters. The summed E-state index contributed by atoms with van der Waals surface area (Å²) in [6.45, 7) is 0. The Labute approximate surface area is 99.3 Å². The Morgan fingerprint density at radius 3 is 3.00 bits per heavy atom. The second-order valence-corrected chi connectivity index (χ2v) is 4.27. The Morgan fingerprint density at radius 1 is 1.47 bits per heavy atom. The Hall–Kier alpha value is -1.75. The molecule has 0 aromatic carbocycles. The lowest BCUT2D eigenvalue weighted by Crippen LogP contribution is -2.19. The highest BCUT2D eigenvalue weighted by atomic mass is 16.5. The zero-order valence-electron chi connectivity index (χ0n) is 9.63. The largest absolute Gasteiger partial charge is 0.339 e. The van der Waals surface area contributed by atoms with Crippen molar-refractivity contribution in [1.82, 2.24) is 20.4 Å². The van der Waals surface area contributed by atoms with Crippen LogP contribution in [0.5, 0.6) is 0 Å². The molecule has 1 saturated carbocycles. The van der Waals surface area contributed by atoms with Crippen LogP contribution < -0.4 is 5.32 Å². The van der Waals surface area contributed by atoms with Gasteiger partial charge in [-0.1, -0.05) is 11.2 Å². The molecule has 2 aromatic heterocycles. The van der Waals surface area contributed by atoms with E-state index in [1.165, 1.54) is 12.8 Å². The standard InChI is InChI=1S/C12H14N4O/c1-13-10(9-3-2-6-14-7-9)11-15-12(17-16-11)8-4-5-8/h2-3,6-8,10,13H,4-5H2,1H3. The van der Waals surface area contributed by atoms with Gasteiger partial charge < -0.3 is 9.84 Å². The molecule has 3 rings (SSSR count). The van der Waals surface area contributed by atoms with E-state index in [0.29, 0.717) is 11.7 Å². The van der Waals surface area contributed by atoms with Gasteiger partial charge in [0.2, 0.25) is 5.89 Å². The molecule has 0 spiro atoms. The molecule has 0 radical (unpaired) electrons. The van der Waals surface area contributed by atoms with Gasteiger partial charge in [0.1, 0.15) is 0 Å². The topological polar surface area (TPSA) is 63.8 Å². The third kappa shape index (κ3) is 2.06. The number of hydrogen-bond acceptors (Lipinski definition) is 5. The van der Waals surface area contributed by atoms with Crippen LogP contribution in [0.25, 0.3) is 0 Å². The first-order chi connectivity index (χ1) is 8.38. The predicted octanol–water partition coefficient (Wildman–Crippen LogP) is 1.65. The first-order valence-electron chi connectivity index (χ1n) is 5.79. The molecule has 17 heavy (non-hydrogen) atoms. The lowest BCUT2D eigenvalue weighted by atomic mass is 10.1. The Kier molecular flexibility index (Phi) is 2.60. The van der Waals surface area contributed by atoms with Gasteiger partial charge in [-0.3, -0.25) is 4.98 Å². The van der Waals surface area contributed by atoms with Crippen molar-refractivity contribution >= 4 is 0 Å². The van der Waals surface area contributed by atoms with E-state index in [4.69, 9.17) is 4.52 Å². The molecule has 2 heterocycles. The first kappa shape index (κ1) is 10.4. The highest BCUT2D eigenvalue weighted by Crippen LogP contribution is 2.39. The third-order valence-corrected chi connectivity index (χ3v) is 2.95. The van der Waals surface area contributed by atoms with E-state index in [2.05, 4.69) is 20.4 Å². The summed E-state index contributed by atoms with van der Waals surface area (Å²) < 4.78 is 5.27. The lowest BCUT2D eigenvalue weighted by molar-refractivity contribution is 0.370. The molecule has 1 aliphatic carbocycles. The molecule has 5 nitrogen and oxygen atoms in total. The molecule has 1 N–H and O–H groups in total. The highest BCUT2D eigenvalue weighted by molar-refractivity contribution is 5.21. The van der Waals surface area contributed by atoms with Crippen molar-refractivity contribution in [3.8, 4) is 0 Å². The van der Waals surface area contributed by atoms with Crippen molar-refractivity contribution in [1.29, 1.82) is 0 Å². The van der Waals surface area contributed by atoms with Gasteiger partial charge in [-0.15, -0.1) is 0 Å². The summed E-state index contributed by atoms with van der Waals surface area (Å²) in [7, 11) is 1.88. The molecule has 0 bridgehead atoms. The maximum atomic E-state index is 5.27. The molecular formula is C12H14N4O. The minimum Gasteiger partial charge on any atom is -0.339 e. The van der Waals surface area contributed by atoms with Crippen LogP contribution in [0.15, 0.2) is 29.0 Å². The summed E-state index contributed by atoms with van der Waals surface area (Å²) in [6.07, 6.45) is 5.90. The normalized spacial score (nSPS) is 17.0. The maximum Gasteiger partial charge on any atom is 0.229 e. The van der Waals surface area contributed by atoms with Crippen LogP contribution >= 0.6 is 0 Å². The van der Waals surface area contributed by atoms with Crippen molar-refractivity contribution in [3.05, 3.63) is 41.8 Å². The Morgan fingerprint density at radius 2 is 2.35 bits per heavy atom. The van der Waals surface area contributed by atoms with Gasteiger partial charge in [-0.25, -0.2) is 0 Å². The molecule has 1 unspecified atom stereocenters. The molecule has 0 saturated heterocycles. The number of nitrogens with one attached hydrogen (secondary N) is 1. The minimum atomic E-state index is -0.0556. The van der Waals surface area contributed by atoms with Gasteiger partial charge in [0.15, 0.2) is 5.82 Å². The first-order valence-corrected chi connectivity index (χ1v) is 5.79. The molecule has 1 fully saturated rings. The zero-order chi connectivity index (χ0) is 11.7. The van der Waals surface area contributed by atoms with E-state index < -0.39 is 0 Å². The smallest absolute Gasteiger partial charge is 0.229 e. The van der Waals surface area contributed by atoms with Crippen LogP contribution in [0.4, 0.5) is 0 Å². The molecule has 2 aromatic rings. The fourth-order valence-electron chi connectivity index (χ4n) is 1.85. The van der Waals surface area contributed by atoms with E-state index >= 15 is 0 Å². The molecule has 0 amide bonds. The summed E-state index contributed by atoms with van der Waals surface area (Å²) in [5, 5.41) is 7.23. The molecule has 5 heteroatoms. The Bertz CT molecular complexity index is 492. The van der Waals surface area contributed by atoms with Crippen molar-refractivity contribution in [2.45, 2.75) is 24.8 Å². The van der Waals surface area contributed by atoms with Crippen LogP contribution in [-0.4, -0.2) is 22.2 Å². The van der Waals surface area contributed by atoms with Gasteiger partial charge >= 0.3 is 0 Å². The summed E-state index contributed by atoms with van der Waals surface area (Å²) in [5.74, 6) is 1.94. The van der Waals surface area contributed by atoms with E-state index in [1.54, 1.807) is 6.20 Å². The van der Waals surface area contributed by atoms with Crippen LogP contribution in [0.1, 0.15) is 42.1 Å². The minimum absolute atomic E-state index is 0.0556. The maximum absolute atomic E-state index is 5.27. The number of pyridine rings is 1. The van der Waals surface area contributed by atoms with Crippen LogP contribution in [0.2, 0.25) is 0 Å². The second-order valence-electron chi connectivity index (χ2n) is 4.27. The number of rotatable bonds is 4. The van der Waals surface area contributed by atoms with E-state index in [0.717, 1.165) is 11.5 Å². The molecule has 0 aliphatic heterocycles. The van der Waals surface area contributed by atoms with Crippen LogP contribution in [0.3, 0.4) is 0 Å². The molecule has 88 valence electrons. The van der Waals surface area contributed by atoms with Crippen LogP contribution in [-0.2, 0) is 0 Å². The van der Waals surface area contributed by atoms with Gasteiger partial charge in [-0.2, -0.15) is 4.98 Å². The van der Waals surface area contributed by atoms with Crippen LogP contribution in [0, 0.1) is 0 Å². The van der Waals surface area contributed by atoms with Gasteiger partial charge in [0.25, 0.3) is 0 Å². The summed E-state index contributed by atoms with van der Waals surface area (Å²) >= 11 is 0. The number of hydrogen-bond donors (Lipinski definition) is 1.